The predicted molar refractivity (Wildman–Crippen MR) is 114 cm³/mol. The number of nitrogens with one attached hydrogen (secondary N) is 1. The van der Waals surface area contributed by atoms with Crippen LogP contribution in [0.3, 0.4) is 0 Å². The Morgan fingerprint density at radius 1 is 1.18 bits per heavy atom. The van der Waals surface area contributed by atoms with E-state index in [0.29, 0.717) is 17.0 Å². The first kappa shape index (κ1) is 22.4. The normalized spacial score (nSPS) is 11.7. The molecule has 3 aromatic heterocycles. The average molecular weight is 477 g/mol. The van der Waals surface area contributed by atoms with Crippen molar-refractivity contribution in [2.45, 2.75) is 13.1 Å². The maximum Gasteiger partial charge on any atom is 0.433 e. The summed E-state index contributed by atoms with van der Waals surface area (Å²) in [5, 5.41) is 6.76. The Hall–Kier alpha value is -3.80. The van der Waals surface area contributed by atoms with Crippen LogP contribution in [0.2, 0.25) is 0 Å². The summed E-state index contributed by atoms with van der Waals surface area (Å²) in [4.78, 5) is 28.4. The van der Waals surface area contributed by atoms with Crippen molar-refractivity contribution in [1.82, 2.24) is 14.8 Å². The van der Waals surface area contributed by atoms with Gasteiger partial charge in [0.15, 0.2) is 0 Å². The molecule has 3 N–H and O–H groups in total. The second-order valence-electron chi connectivity index (χ2n) is 7.17. The molecule has 3 heterocycles. The first-order chi connectivity index (χ1) is 15.5. The molecule has 4 aromatic rings. The topological polar surface area (TPSA) is 103 Å². The van der Waals surface area contributed by atoms with Crippen molar-refractivity contribution in [2.75, 3.05) is 5.32 Å². The second kappa shape index (κ2) is 7.96. The summed E-state index contributed by atoms with van der Waals surface area (Å²) >= 11 is 0.626. The highest BCUT2D eigenvalue weighted by Crippen LogP contribution is 2.43. The van der Waals surface area contributed by atoms with E-state index < -0.39 is 29.5 Å². The number of amides is 2. The number of hydrogen-bond donors (Lipinski definition) is 2. The van der Waals surface area contributed by atoms with E-state index in [1.807, 2.05) is 0 Å². The van der Waals surface area contributed by atoms with Crippen LogP contribution in [0.4, 0.5) is 23.2 Å². The molecule has 0 aliphatic rings. The molecule has 4 rings (SSSR count). The lowest BCUT2D eigenvalue weighted by Gasteiger charge is -2.12. The van der Waals surface area contributed by atoms with Gasteiger partial charge in [-0.15, -0.1) is 11.3 Å². The van der Waals surface area contributed by atoms with E-state index in [1.54, 1.807) is 14.0 Å². The van der Waals surface area contributed by atoms with E-state index >= 15 is 0 Å². The van der Waals surface area contributed by atoms with E-state index in [0.717, 1.165) is 18.2 Å². The SMILES string of the molecule is Cc1nn(C)cc1C(=O)Nc1c(C(N)=O)sc2nc(C(F)(F)F)cc(-c3ccc(F)cc3)c12. The van der Waals surface area contributed by atoms with Crippen LogP contribution in [-0.2, 0) is 13.2 Å². The van der Waals surface area contributed by atoms with E-state index in [2.05, 4.69) is 15.4 Å². The molecule has 170 valence electrons. The molecule has 0 spiro atoms. The maximum absolute atomic E-state index is 13.5. The Bertz CT molecular complexity index is 1410. The molecule has 2 amide bonds. The first-order valence-electron chi connectivity index (χ1n) is 9.37. The van der Waals surface area contributed by atoms with Crippen LogP contribution >= 0.6 is 11.3 Å². The average Bonchev–Trinajstić information content (AvgIpc) is 3.26. The molecule has 0 bridgehead atoms. The highest BCUT2D eigenvalue weighted by Gasteiger charge is 2.35. The smallest absolute Gasteiger partial charge is 0.365 e. The number of alkyl halides is 3. The Morgan fingerprint density at radius 3 is 2.39 bits per heavy atom. The Kier molecular flexibility index (Phi) is 5.40. The molecule has 7 nitrogen and oxygen atoms in total. The van der Waals surface area contributed by atoms with Gasteiger partial charge in [-0.2, -0.15) is 18.3 Å². The first-order valence-corrected chi connectivity index (χ1v) is 10.2. The molecule has 1 aromatic carbocycles. The van der Waals surface area contributed by atoms with Gasteiger partial charge in [-0.25, -0.2) is 9.37 Å². The molecular weight excluding hydrogens is 462 g/mol. The van der Waals surface area contributed by atoms with Crippen molar-refractivity contribution in [3.05, 3.63) is 64.2 Å². The third-order valence-electron chi connectivity index (χ3n) is 4.83. The zero-order valence-corrected chi connectivity index (χ0v) is 17.9. The van der Waals surface area contributed by atoms with Gasteiger partial charge in [-0.05, 0) is 36.2 Å². The highest BCUT2D eigenvalue weighted by atomic mass is 32.1. The third kappa shape index (κ3) is 4.16. The number of rotatable bonds is 4. The van der Waals surface area contributed by atoms with Gasteiger partial charge < -0.3 is 11.1 Å². The molecule has 0 radical (unpaired) electrons. The summed E-state index contributed by atoms with van der Waals surface area (Å²) in [7, 11) is 1.62. The van der Waals surface area contributed by atoms with Crippen LogP contribution in [-0.4, -0.2) is 26.6 Å². The van der Waals surface area contributed by atoms with Crippen molar-refractivity contribution in [3.63, 3.8) is 0 Å². The van der Waals surface area contributed by atoms with Crippen LogP contribution in [0.25, 0.3) is 21.3 Å². The number of nitrogens with zero attached hydrogens (tertiary/aromatic N) is 3. The van der Waals surface area contributed by atoms with E-state index in [9.17, 15) is 27.2 Å². The van der Waals surface area contributed by atoms with Crippen molar-refractivity contribution in [3.8, 4) is 11.1 Å². The Balaban J connectivity index is 1.99. The van der Waals surface area contributed by atoms with Gasteiger partial charge >= 0.3 is 6.18 Å². The van der Waals surface area contributed by atoms with Gasteiger partial charge in [0.2, 0.25) is 0 Å². The number of aryl methyl sites for hydroxylation is 2. The van der Waals surface area contributed by atoms with E-state index in [1.165, 1.54) is 23.0 Å². The van der Waals surface area contributed by atoms with Crippen molar-refractivity contribution >= 4 is 39.1 Å². The molecule has 0 aliphatic carbocycles. The highest BCUT2D eigenvalue weighted by molar-refractivity contribution is 7.21. The summed E-state index contributed by atoms with van der Waals surface area (Å²) in [6.45, 7) is 1.61. The largest absolute Gasteiger partial charge is 0.433 e. The third-order valence-corrected chi connectivity index (χ3v) is 5.93. The predicted octanol–water partition coefficient (Wildman–Crippen LogP) is 4.51. The van der Waals surface area contributed by atoms with Crippen LogP contribution in [0.15, 0.2) is 36.5 Å². The minimum Gasteiger partial charge on any atom is -0.365 e. The van der Waals surface area contributed by atoms with Crippen LogP contribution in [0.5, 0.6) is 0 Å². The van der Waals surface area contributed by atoms with Gasteiger partial charge in [0.05, 0.1) is 16.9 Å². The van der Waals surface area contributed by atoms with Gasteiger partial charge in [-0.1, -0.05) is 12.1 Å². The Labute approximate surface area is 187 Å². The van der Waals surface area contributed by atoms with Crippen molar-refractivity contribution in [2.24, 2.45) is 12.8 Å². The number of anilines is 1. The molecule has 0 unspecified atom stereocenters. The summed E-state index contributed by atoms with van der Waals surface area (Å²) in [5.74, 6) is -2.16. The van der Waals surface area contributed by atoms with Crippen molar-refractivity contribution in [1.29, 1.82) is 0 Å². The zero-order valence-electron chi connectivity index (χ0n) is 17.1. The minimum absolute atomic E-state index is 0.00860. The lowest BCUT2D eigenvalue weighted by Crippen LogP contribution is -2.17. The number of thiophene rings is 1. The summed E-state index contributed by atoms with van der Waals surface area (Å²) in [6, 6.07) is 5.56. The maximum atomic E-state index is 13.5. The number of fused-ring (bicyclic) bond motifs is 1. The number of halogens is 4. The number of carbonyl (C=O) groups excluding carboxylic acids is 2. The number of carbonyl (C=O) groups is 2. The number of pyridine rings is 1. The van der Waals surface area contributed by atoms with Gasteiger partial charge in [-0.3, -0.25) is 14.3 Å². The number of hydrogen-bond acceptors (Lipinski definition) is 5. The van der Waals surface area contributed by atoms with Crippen LogP contribution in [0, 0.1) is 12.7 Å². The van der Waals surface area contributed by atoms with Crippen LogP contribution in [0.1, 0.15) is 31.4 Å². The fraction of sp³-hybridized carbons (Fsp3) is 0.143. The fourth-order valence-corrected chi connectivity index (χ4v) is 4.40. The Morgan fingerprint density at radius 2 is 1.85 bits per heavy atom. The summed E-state index contributed by atoms with van der Waals surface area (Å²) < 4.78 is 55.5. The molecule has 0 saturated carbocycles. The minimum atomic E-state index is -4.78. The van der Waals surface area contributed by atoms with E-state index in [-0.39, 0.29) is 37.5 Å². The number of nitrogens with two attached hydrogens (primary N) is 1. The molecule has 12 heteroatoms. The molecule has 0 atom stereocenters. The summed E-state index contributed by atoms with van der Waals surface area (Å²) in [6.07, 6.45) is -3.32. The monoisotopic (exact) mass is 477 g/mol. The van der Waals surface area contributed by atoms with E-state index in [4.69, 9.17) is 5.73 Å². The van der Waals surface area contributed by atoms with Gasteiger partial charge in [0, 0.05) is 18.6 Å². The zero-order chi connectivity index (χ0) is 24.1. The molecule has 33 heavy (non-hydrogen) atoms. The van der Waals surface area contributed by atoms with Gasteiger partial charge in [0.25, 0.3) is 11.8 Å². The molecule has 0 fully saturated rings. The van der Waals surface area contributed by atoms with Crippen molar-refractivity contribution < 1.29 is 27.2 Å². The molecule has 0 saturated heterocycles. The number of benzene rings is 1. The quantitative estimate of drug-likeness (QED) is 0.422. The number of aromatic nitrogens is 3. The van der Waals surface area contributed by atoms with Gasteiger partial charge in [0.1, 0.15) is 21.2 Å². The lowest BCUT2D eigenvalue weighted by atomic mass is 10.0. The lowest BCUT2D eigenvalue weighted by molar-refractivity contribution is -0.140. The molecular formula is C21H15F4N5O2S. The molecule has 0 aliphatic heterocycles. The number of primary amides is 1. The van der Waals surface area contributed by atoms with Crippen LogP contribution < -0.4 is 11.1 Å². The second-order valence-corrected chi connectivity index (χ2v) is 8.17. The standard InChI is InChI=1S/C21H15F4N5O2S/c1-9-13(8-30(2)29-9)19(32)28-16-15-12(10-3-5-11(22)6-4-10)7-14(21(23,24)25)27-20(15)33-17(16)18(26)31/h3-8H,1-2H3,(H2,26,31)(H,28,32). The fourth-order valence-electron chi connectivity index (χ4n) is 3.40. The summed E-state index contributed by atoms with van der Waals surface area (Å²) in [5.41, 5.74) is 5.04.